The van der Waals surface area contributed by atoms with Crippen molar-refractivity contribution in [3.63, 3.8) is 0 Å². The zero-order valence-electron chi connectivity index (χ0n) is 6.58. The van der Waals surface area contributed by atoms with Crippen molar-refractivity contribution in [1.82, 2.24) is 0 Å². The largest absolute Gasteiger partial charge is 0.303 e. The Labute approximate surface area is 67.7 Å². The summed E-state index contributed by atoms with van der Waals surface area (Å²) < 4.78 is 0. The van der Waals surface area contributed by atoms with Crippen molar-refractivity contribution >= 4 is 19.0 Å². The molecule has 0 fully saturated rings. The molecule has 0 heterocycles. The highest BCUT2D eigenvalue weighted by Crippen LogP contribution is 1.95. The molecule has 0 aliphatic rings. The molecule has 0 amide bonds. The van der Waals surface area contributed by atoms with E-state index in [2.05, 4.69) is 0 Å². The van der Waals surface area contributed by atoms with Gasteiger partial charge in [0.25, 0.3) is 0 Å². The molecule has 0 bridgehead atoms. The summed E-state index contributed by atoms with van der Waals surface area (Å²) in [7, 11) is 2.03. The Morgan fingerprint density at radius 2 is 2.00 bits per heavy atom. The highest BCUT2D eigenvalue weighted by Gasteiger charge is 1.91. The number of rotatable bonds is 3. The predicted molar refractivity (Wildman–Crippen MR) is 47.5 cm³/mol. The Balaban J connectivity index is 2.74. The molecule has 1 aromatic rings. The first-order valence-corrected chi connectivity index (χ1v) is 3.68. The molecule has 2 heteroatoms. The van der Waals surface area contributed by atoms with Crippen LogP contribution in [0.25, 0.3) is 0 Å². The highest BCUT2D eigenvalue weighted by molar-refractivity contribution is 6.51. The monoisotopic (exact) mass is 145 g/mol. The van der Waals surface area contributed by atoms with Gasteiger partial charge in [0, 0.05) is 6.42 Å². The third-order valence-corrected chi connectivity index (χ3v) is 1.63. The third kappa shape index (κ3) is 2.22. The van der Waals surface area contributed by atoms with Gasteiger partial charge in [0.1, 0.15) is 13.6 Å². The standard InChI is InChI=1S/C9H10BO/c1-10-9-4-2-8(3-5-9)6-7-11/h2-5,7H,6H2,1H3. The molecule has 0 atom stereocenters. The van der Waals surface area contributed by atoms with E-state index in [1.807, 2.05) is 38.4 Å². The van der Waals surface area contributed by atoms with E-state index >= 15 is 0 Å². The van der Waals surface area contributed by atoms with E-state index in [4.69, 9.17) is 0 Å². The summed E-state index contributed by atoms with van der Waals surface area (Å²) in [6, 6.07) is 7.98. The average Bonchev–Trinajstić information content (AvgIpc) is 2.07. The van der Waals surface area contributed by atoms with Gasteiger partial charge in [0.05, 0.1) is 0 Å². The molecule has 0 saturated carbocycles. The number of aldehydes is 1. The summed E-state index contributed by atoms with van der Waals surface area (Å²) >= 11 is 0. The van der Waals surface area contributed by atoms with E-state index in [0.29, 0.717) is 6.42 Å². The van der Waals surface area contributed by atoms with Crippen LogP contribution in [-0.4, -0.2) is 13.6 Å². The first-order chi connectivity index (χ1) is 5.36. The lowest BCUT2D eigenvalue weighted by Crippen LogP contribution is -2.09. The van der Waals surface area contributed by atoms with Crippen molar-refractivity contribution in [2.24, 2.45) is 0 Å². The molecule has 0 aliphatic carbocycles. The minimum absolute atomic E-state index is 0.518. The number of benzene rings is 1. The fourth-order valence-corrected chi connectivity index (χ4v) is 0.942. The number of hydrogen-bond acceptors (Lipinski definition) is 1. The molecule has 0 aromatic heterocycles. The number of carbonyl (C=O) groups is 1. The Morgan fingerprint density at radius 1 is 1.36 bits per heavy atom. The van der Waals surface area contributed by atoms with Crippen LogP contribution < -0.4 is 5.46 Å². The van der Waals surface area contributed by atoms with Gasteiger partial charge in [-0.1, -0.05) is 36.6 Å². The van der Waals surface area contributed by atoms with Gasteiger partial charge in [-0.3, -0.25) is 0 Å². The smallest absolute Gasteiger partial charge is 0.148 e. The second-order valence-corrected chi connectivity index (χ2v) is 2.40. The van der Waals surface area contributed by atoms with Gasteiger partial charge < -0.3 is 4.79 Å². The van der Waals surface area contributed by atoms with Crippen molar-refractivity contribution in [1.29, 1.82) is 0 Å². The van der Waals surface area contributed by atoms with Crippen molar-refractivity contribution in [2.45, 2.75) is 13.2 Å². The maximum absolute atomic E-state index is 10.1. The molecule has 0 spiro atoms. The Morgan fingerprint density at radius 3 is 2.45 bits per heavy atom. The number of carbonyl (C=O) groups excluding carboxylic acids is 1. The van der Waals surface area contributed by atoms with Gasteiger partial charge in [0.15, 0.2) is 0 Å². The molecule has 1 rings (SSSR count). The summed E-state index contributed by atoms with van der Waals surface area (Å²) in [6.45, 7) is 1.99. The molecular weight excluding hydrogens is 135 g/mol. The fourth-order valence-electron chi connectivity index (χ4n) is 0.942. The van der Waals surface area contributed by atoms with Crippen LogP contribution >= 0.6 is 0 Å². The van der Waals surface area contributed by atoms with Gasteiger partial charge in [-0.05, 0) is 5.56 Å². The molecule has 0 unspecified atom stereocenters. The van der Waals surface area contributed by atoms with E-state index in [1.165, 1.54) is 5.46 Å². The van der Waals surface area contributed by atoms with E-state index in [1.54, 1.807) is 0 Å². The first-order valence-electron chi connectivity index (χ1n) is 3.68. The van der Waals surface area contributed by atoms with Gasteiger partial charge in [0.2, 0.25) is 0 Å². The minimum Gasteiger partial charge on any atom is -0.303 e. The van der Waals surface area contributed by atoms with Crippen LogP contribution in [0.3, 0.4) is 0 Å². The second kappa shape index (κ2) is 3.96. The van der Waals surface area contributed by atoms with Crippen molar-refractivity contribution in [3.05, 3.63) is 29.8 Å². The lowest BCUT2D eigenvalue weighted by molar-refractivity contribution is -0.107. The Hall–Kier alpha value is -1.05. The molecule has 0 saturated heterocycles. The lowest BCUT2D eigenvalue weighted by atomic mass is 9.73. The average molecular weight is 145 g/mol. The van der Waals surface area contributed by atoms with Crippen molar-refractivity contribution in [3.8, 4) is 0 Å². The van der Waals surface area contributed by atoms with Crippen LogP contribution in [0.4, 0.5) is 0 Å². The summed E-state index contributed by atoms with van der Waals surface area (Å²) in [4.78, 5) is 10.1. The quantitative estimate of drug-likeness (QED) is 0.454. The van der Waals surface area contributed by atoms with Crippen molar-refractivity contribution < 1.29 is 4.79 Å². The third-order valence-electron chi connectivity index (χ3n) is 1.63. The van der Waals surface area contributed by atoms with Crippen LogP contribution in [0.15, 0.2) is 24.3 Å². The van der Waals surface area contributed by atoms with Crippen LogP contribution in [0.2, 0.25) is 6.82 Å². The maximum Gasteiger partial charge on any atom is 0.148 e. The van der Waals surface area contributed by atoms with E-state index in [0.717, 1.165) is 11.8 Å². The summed E-state index contributed by atoms with van der Waals surface area (Å²) in [5.41, 5.74) is 2.27. The molecule has 1 aromatic carbocycles. The maximum atomic E-state index is 10.1. The van der Waals surface area contributed by atoms with Crippen LogP contribution in [-0.2, 0) is 11.2 Å². The normalized spacial score (nSPS) is 9.18. The summed E-state index contributed by atoms with van der Waals surface area (Å²) in [5.74, 6) is 0. The predicted octanol–water partition coefficient (Wildman–Crippen LogP) is 0.806. The Kier molecular flexibility index (Phi) is 2.90. The van der Waals surface area contributed by atoms with Gasteiger partial charge in [-0.2, -0.15) is 0 Å². The second-order valence-electron chi connectivity index (χ2n) is 2.40. The van der Waals surface area contributed by atoms with Crippen LogP contribution in [0.5, 0.6) is 0 Å². The van der Waals surface area contributed by atoms with Gasteiger partial charge in [-0.15, -0.1) is 0 Å². The SMILES string of the molecule is C[B]c1ccc(CC=O)cc1. The lowest BCUT2D eigenvalue weighted by Gasteiger charge is -1.96. The van der Waals surface area contributed by atoms with Gasteiger partial charge in [-0.25, -0.2) is 0 Å². The molecule has 1 radical (unpaired) electrons. The summed E-state index contributed by atoms with van der Waals surface area (Å²) in [6.07, 6.45) is 1.44. The van der Waals surface area contributed by atoms with Gasteiger partial charge >= 0.3 is 0 Å². The van der Waals surface area contributed by atoms with E-state index in [-0.39, 0.29) is 0 Å². The molecule has 11 heavy (non-hydrogen) atoms. The zero-order valence-corrected chi connectivity index (χ0v) is 6.58. The van der Waals surface area contributed by atoms with Crippen molar-refractivity contribution in [2.75, 3.05) is 0 Å². The van der Waals surface area contributed by atoms with E-state index in [9.17, 15) is 4.79 Å². The van der Waals surface area contributed by atoms with Crippen LogP contribution in [0, 0.1) is 0 Å². The first kappa shape index (κ1) is 8.06. The fraction of sp³-hybridized carbons (Fsp3) is 0.222. The molecule has 55 valence electrons. The zero-order chi connectivity index (χ0) is 8.10. The summed E-state index contributed by atoms with van der Waals surface area (Å²) in [5, 5.41) is 0. The van der Waals surface area contributed by atoms with E-state index < -0.39 is 0 Å². The molecule has 1 nitrogen and oxygen atoms in total. The Bertz CT molecular complexity index is 228. The number of hydrogen-bond donors (Lipinski definition) is 0. The molecule has 0 N–H and O–H groups in total. The minimum atomic E-state index is 0.518. The molecular formula is C9H10BO. The highest BCUT2D eigenvalue weighted by atomic mass is 16.1. The van der Waals surface area contributed by atoms with Crippen LogP contribution in [0.1, 0.15) is 5.56 Å². The topological polar surface area (TPSA) is 17.1 Å². The molecule has 0 aliphatic heterocycles.